The molecule has 1 aliphatic carbocycles. The lowest BCUT2D eigenvalue weighted by Crippen LogP contribution is -2.30. The van der Waals surface area contributed by atoms with Gasteiger partial charge in [0.15, 0.2) is 0 Å². The van der Waals surface area contributed by atoms with Gasteiger partial charge in [-0.25, -0.2) is 4.98 Å². The predicted octanol–water partition coefficient (Wildman–Crippen LogP) is 2.11. The molecule has 6 nitrogen and oxygen atoms in total. The summed E-state index contributed by atoms with van der Waals surface area (Å²) in [6, 6.07) is 7.89. The molecule has 1 aliphatic rings. The van der Waals surface area contributed by atoms with Crippen LogP contribution in [-0.2, 0) is 16.0 Å². The number of carbonyl (C=O) groups is 2. The van der Waals surface area contributed by atoms with Gasteiger partial charge in [-0.3, -0.25) is 9.59 Å². The molecule has 3 N–H and O–H groups in total. The fourth-order valence-corrected chi connectivity index (χ4v) is 3.18. The van der Waals surface area contributed by atoms with Crippen LogP contribution in [0.3, 0.4) is 0 Å². The summed E-state index contributed by atoms with van der Waals surface area (Å²) in [5.41, 5.74) is 1.98. The van der Waals surface area contributed by atoms with Crippen molar-refractivity contribution >= 4 is 22.9 Å². The lowest BCUT2D eigenvalue weighted by atomic mass is 10.0. The molecule has 6 heteroatoms. The third kappa shape index (κ3) is 3.70. The zero-order chi connectivity index (χ0) is 16.2. The van der Waals surface area contributed by atoms with Crippen molar-refractivity contribution in [1.29, 1.82) is 0 Å². The number of benzene rings is 1. The quantitative estimate of drug-likeness (QED) is 0.712. The van der Waals surface area contributed by atoms with Gasteiger partial charge < -0.3 is 15.4 Å². The summed E-state index contributed by atoms with van der Waals surface area (Å²) in [4.78, 5) is 30.7. The summed E-state index contributed by atoms with van der Waals surface area (Å²) >= 11 is 0. The molecule has 0 spiro atoms. The SMILES string of the molecule is O=C(O)[C@@H]1CC[C@H](C(=O)NCCCc2nc3ccccc3[nH]2)C1. The number of aliphatic carboxylic acids is 1. The van der Waals surface area contributed by atoms with Crippen LogP contribution >= 0.6 is 0 Å². The number of para-hydroxylation sites is 2. The minimum Gasteiger partial charge on any atom is -0.481 e. The molecule has 0 bridgehead atoms. The molecule has 0 radical (unpaired) electrons. The highest BCUT2D eigenvalue weighted by atomic mass is 16.4. The number of nitrogens with one attached hydrogen (secondary N) is 2. The fraction of sp³-hybridized carbons (Fsp3) is 0.471. The van der Waals surface area contributed by atoms with E-state index in [1.807, 2.05) is 24.3 Å². The number of rotatable bonds is 6. The third-order valence-electron chi connectivity index (χ3n) is 4.48. The molecule has 122 valence electrons. The van der Waals surface area contributed by atoms with Crippen LogP contribution in [0.15, 0.2) is 24.3 Å². The van der Waals surface area contributed by atoms with E-state index in [1.165, 1.54) is 0 Å². The lowest BCUT2D eigenvalue weighted by Gasteiger charge is -2.10. The molecule has 1 saturated carbocycles. The average molecular weight is 315 g/mol. The number of amides is 1. The number of hydrogen-bond acceptors (Lipinski definition) is 3. The molecule has 2 atom stereocenters. The Morgan fingerprint density at radius 3 is 2.78 bits per heavy atom. The number of imidazole rings is 1. The number of aromatic nitrogens is 2. The van der Waals surface area contributed by atoms with Gasteiger partial charge in [-0.2, -0.15) is 0 Å². The summed E-state index contributed by atoms with van der Waals surface area (Å²) < 4.78 is 0. The van der Waals surface area contributed by atoms with Gasteiger partial charge >= 0.3 is 5.97 Å². The van der Waals surface area contributed by atoms with Crippen LogP contribution in [0.25, 0.3) is 11.0 Å². The van der Waals surface area contributed by atoms with Crippen molar-refractivity contribution in [2.75, 3.05) is 6.54 Å². The van der Waals surface area contributed by atoms with E-state index in [2.05, 4.69) is 15.3 Å². The lowest BCUT2D eigenvalue weighted by molar-refractivity contribution is -0.141. The van der Waals surface area contributed by atoms with Crippen molar-refractivity contribution in [3.05, 3.63) is 30.1 Å². The second-order valence-electron chi connectivity index (χ2n) is 6.14. The molecule has 1 amide bonds. The Balaban J connectivity index is 1.41. The first-order valence-corrected chi connectivity index (χ1v) is 8.07. The van der Waals surface area contributed by atoms with Crippen molar-refractivity contribution < 1.29 is 14.7 Å². The average Bonchev–Trinajstić information content (AvgIpc) is 3.17. The molecule has 1 fully saturated rings. The highest BCUT2D eigenvalue weighted by Gasteiger charge is 2.33. The third-order valence-corrected chi connectivity index (χ3v) is 4.48. The van der Waals surface area contributed by atoms with Crippen molar-refractivity contribution in [2.45, 2.75) is 32.1 Å². The zero-order valence-electron chi connectivity index (χ0n) is 12.9. The highest BCUT2D eigenvalue weighted by Crippen LogP contribution is 2.31. The number of carbonyl (C=O) groups excluding carboxylic acids is 1. The number of aromatic amines is 1. The molecule has 1 heterocycles. The molecule has 1 aromatic carbocycles. The largest absolute Gasteiger partial charge is 0.481 e. The van der Waals surface area contributed by atoms with Crippen LogP contribution in [0.4, 0.5) is 0 Å². The zero-order valence-corrected chi connectivity index (χ0v) is 12.9. The van der Waals surface area contributed by atoms with Crippen LogP contribution < -0.4 is 5.32 Å². The Bertz CT molecular complexity index is 677. The molecular formula is C17H21N3O3. The molecule has 0 aliphatic heterocycles. The summed E-state index contributed by atoms with van der Waals surface area (Å²) in [6.07, 6.45) is 3.32. The minimum atomic E-state index is -0.787. The first-order valence-electron chi connectivity index (χ1n) is 8.07. The van der Waals surface area contributed by atoms with Gasteiger partial charge in [-0.15, -0.1) is 0 Å². The Morgan fingerprint density at radius 2 is 2.04 bits per heavy atom. The van der Waals surface area contributed by atoms with Gasteiger partial charge in [0.05, 0.1) is 17.0 Å². The maximum absolute atomic E-state index is 12.0. The van der Waals surface area contributed by atoms with E-state index in [-0.39, 0.29) is 17.7 Å². The van der Waals surface area contributed by atoms with E-state index in [1.54, 1.807) is 0 Å². The van der Waals surface area contributed by atoms with Crippen molar-refractivity contribution in [3.8, 4) is 0 Å². The Morgan fingerprint density at radius 1 is 1.26 bits per heavy atom. The molecule has 3 rings (SSSR count). The molecule has 23 heavy (non-hydrogen) atoms. The number of H-pyrrole nitrogens is 1. The number of aryl methyl sites for hydroxylation is 1. The molecule has 0 unspecified atom stereocenters. The Hall–Kier alpha value is -2.37. The second-order valence-corrected chi connectivity index (χ2v) is 6.14. The van der Waals surface area contributed by atoms with E-state index in [9.17, 15) is 9.59 Å². The van der Waals surface area contributed by atoms with Crippen LogP contribution in [0.1, 0.15) is 31.5 Å². The monoisotopic (exact) mass is 315 g/mol. The van der Waals surface area contributed by atoms with Crippen LogP contribution in [-0.4, -0.2) is 33.5 Å². The van der Waals surface area contributed by atoms with Gasteiger partial charge in [0, 0.05) is 18.9 Å². The minimum absolute atomic E-state index is 0.0154. The van der Waals surface area contributed by atoms with E-state index in [0.29, 0.717) is 25.8 Å². The summed E-state index contributed by atoms with van der Waals surface area (Å²) in [6.45, 7) is 0.587. The maximum atomic E-state index is 12.0. The number of hydrogen-bond donors (Lipinski definition) is 3. The standard InChI is InChI=1S/C17H21N3O3/c21-16(11-7-8-12(10-11)17(22)23)18-9-3-6-15-19-13-4-1-2-5-14(13)20-15/h1-2,4-5,11-12H,3,6-10H2,(H,18,21)(H,19,20)(H,22,23)/t11-,12+/m0/s1. The van der Waals surface area contributed by atoms with Crippen LogP contribution in [0.2, 0.25) is 0 Å². The van der Waals surface area contributed by atoms with Gasteiger partial charge in [0.25, 0.3) is 0 Å². The molecule has 0 saturated heterocycles. The number of fused-ring (bicyclic) bond motifs is 1. The molecular weight excluding hydrogens is 294 g/mol. The Kier molecular flexibility index (Phi) is 4.60. The van der Waals surface area contributed by atoms with Gasteiger partial charge in [-0.1, -0.05) is 12.1 Å². The Labute approximate surface area is 134 Å². The predicted molar refractivity (Wildman–Crippen MR) is 85.9 cm³/mol. The smallest absolute Gasteiger partial charge is 0.306 e. The van der Waals surface area contributed by atoms with Crippen molar-refractivity contribution in [1.82, 2.24) is 15.3 Å². The summed E-state index contributed by atoms with van der Waals surface area (Å²) in [7, 11) is 0. The van der Waals surface area contributed by atoms with Gasteiger partial charge in [0.2, 0.25) is 5.91 Å². The second kappa shape index (κ2) is 6.81. The first-order chi connectivity index (χ1) is 11.1. The van der Waals surface area contributed by atoms with Gasteiger partial charge in [-0.05, 0) is 37.8 Å². The molecule has 1 aromatic heterocycles. The van der Waals surface area contributed by atoms with E-state index in [4.69, 9.17) is 5.11 Å². The van der Waals surface area contributed by atoms with Crippen LogP contribution in [0, 0.1) is 11.8 Å². The fourth-order valence-electron chi connectivity index (χ4n) is 3.18. The highest BCUT2D eigenvalue weighted by molar-refractivity contribution is 5.80. The first kappa shape index (κ1) is 15.5. The van der Waals surface area contributed by atoms with Gasteiger partial charge in [0.1, 0.15) is 5.82 Å². The van der Waals surface area contributed by atoms with E-state index >= 15 is 0 Å². The van der Waals surface area contributed by atoms with Crippen LogP contribution in [0.5, 0.6) is 0 Å². The normalized spacial score (nSPS) is 20.7. The van der Waals surface area contributed by atoms with Crippen molar-refractivity contribution in [3.63, 3.8) is 0 Å². The van der Waals surface area contributed by atoms with Crippen molar-refractivity contribution in [2.24, 2.45) is 11.8 Å². The van der Waals surface area contributed by atoms with E-state index < -0.39 is 5.97 Å². The number of carboxylic acid groups (broad SMARTS) is 1. The molecule has 2 aromatic rings. The topological polar surface area (TPSA) is 95.1 Å². The van der Waals surface area contributed by atoms with E-state index in [0.717, 1.165) is 29.7 Å². The summed E-state index contributed by atoms with van der Waals surface area (Å²) in [5.74, 6) is -0.389. The summed E-state index contributed by atoms with van der Waals surface area (Å²) in [5, 5.41) is 11.9. The maximum Gasteiger partial charge on any atom is 0.306 e. The number of carboxylic acids is 1. The number of nitrogens with zero attached hydrogens (tertiary/aromatic N) is 1.